The van der Waals surface area contributed by atoms with Crippen molar-refractivity contribution in [3.05, 3.63) is 0 Å². The standard InChI is InChI=1S/C10H20O4/c1-9(13)4-3-7(5-8(9)12)10(2,14)6-11/h7-8,11-14H,3-6H2,1-2H3/t7-,8-,9-,10?/m1/s1. The number of aliphatic hydroxyl groups is 4. The molecule has 0 amide bonds. The summed E-state index contributed by atoms with van der Waals surface area (Å²) in [6.07, 6.45) is 0.590. The van der Waals surface area contributed by atoms with Crippen LogP contribution >= 0.6 is 0 Å². The van der Waals surface area contributed by atoms with E-state index in [-0.39, 0.29) is 12.5 Å². The zero-order chi connectivity index (χ0) is 11.0. The third-order valence-electron chi connectivity index (χ3n) is 3.42. The number of aliphatic hydroxyl groups excluding tert-OH is 2. The Kier molecular flexibility index (Phi) is 3.21. The largest absolute Gasteiger partial charge is 0.393 e. The van der Waals surface area contributed by atoms with E-state index in [1.807, 2.05) is 0 Å². The topological polar surface area (TPSA) is 80.9 Å². The first-order chi connectivity index (χ1) is 6.29. The predicted molar refractivity (Wildman–Crippen MR) is 51.7 cm³/mol. The molecule has 1 unspecified atom stereocenters. The summed E-state index contributed by atoms with van der Waals surface area (Å²) in [6.45, 7) is 2.85. The minimum atomic E-state index is -1.16. The molecule has 0 bridgehead atoms. The van der Waals surface area contributed by atoms with Gasteiger partial charge >= 0.3 is 0 Å². The summed E-state index contributed by atoms with van der Waals surface area (Å²) in [7, 11) is 0. The van der Waals surface area contributed by atoms with Crippen LogP contribution in [0.15, 0.2) is 0 Å². The average molecular weight is 204 g/mol. The molecule has 1 aliphatic rings. The minimum Gasteiger partial charge on any atom is -0.393 e. The van der Waals surface area contributed by atoms with Gasteiger partial charge in [0.15, 0.2) is 0 Å². The maximum Gasteiger partial charge on any atom is 0.0878 e. The van der Waals surface area contributed by atoms with E-state index in [1.54, 1.807) is 13.8 Å². The van der Waals surface area contributed by atoms with Crippen molar-refractivity contribution in [1.29, 1.82) is 0 Å². The van der Waals surface area contributed by atoms with Crippen molar-refractivity contribution < 1.29 is 20.4 Å². The molecule has 4 N–H and O–H groups in total. The van der Waals surface area contributed by atoms with Crippen molar-refractivity contribution in [2.75, 3.05) is 6.61 Å². The first kappa shape index (κ1) is 11.9. The molecule has 0 aromatic carbocycles. The summed E-state index contributed by atoms with van der Waals surface area (Å²) in [5, 5.41) is 38.1. The molecule has 0 spiro atoms. The van der Waals surface area contributed by atoms with E-state index in [2.05, 4.69) is 0 Å². The van der Waals surface area contributed by atoms with Crippen LogP contribution in [0.3, 0.4) is 0 Å². The average Bonchev–Trinajstić information content (AvgIpc) is 2.09. The highest BCUT2D eigenvalue weighted by molar-refractivity contribution is 4.95. The van der Waals surface area contributed by atoms with E-state index in [0.29, 0.717) is 19.3 Å². The Balaban J connectivity index is 2.63. The summed E-state index contributed by atoms with van der Waals surface area (Å²) < 4.78 is 0. The summed E-state index contributed by atoms with van der Waals surface area (Å²) in [5.41, 5.74) is -2.21. The van der Waals surface area contributed by atoms with Crippen LogP contribution in [0.1, 0.15) is 33.1 Å². The first-order valence-corrected chi connectivity index (χ1v) is 5.03. The van der Waals surface area contributed by atoms with E-state index in [0.717, 1.165) is 0 Å². The Morgan fingerprint density at radius 2 is 2.07 bits per heavy atom. The normalized spacial score (nSPS) is 43.3. The summed E-state index contributed by atoms with van der Waals surface area (Å²) in [5.74, 6) is -0.150. The Morgan fingerprint density at radius 3 is 2.50 bits per heavy atom. The van der Waals surface area contributed by atoms with Gasteiger partial charge in [0.25, 0.3) is 0 Å². The number of rotatable bonds is 2. The maximum atomic E-state index is 9.79. The first-order valence-electron chi connectivity index (χ1n) is 5.03. The van der Waals surface area contributed by atoms with Crippen LogP contribution in [0.2, 0.25) is 0 Å². The lowest BCUT2D eigenvalue weighted by molar-refractivity contribution is -0.139. The van der Waals surface area contributed by atoms with E-state index >= 15 is 0 Å². The highest BCUT2D eigenvalue weighted by Crippen LogP contribution is 2.37. The highest BCUT2D eigenvalue weighted by atomic mass is 16.3. The van der Waals surface area contributed by atoms with Gasteiger partial charge in [0, 0.05) is 0 Å². The smallest absolute Gasteiger partial charge is 0.0878 e. The van der Waals surface area contributed by atoms with Gasteiger partial charge in [-0.05, 0) is 39.0 Å². The van der Waals surface area contributed by atoms with E-state index < -0.39 is 17.3 Å². The molecular weight excluding hydrogens is 184 g/mol. The molecule has 1 rings (SSSR count). The quantitative estimate of drug-likeness (QED) is 0.495. The van der Waals surface area contributed by atoms with E-state index in [4.69, 9.17) is 5.11 Å². The van der Waals surface area contributed by atoms with Crippen molar-refractivity contribution in [3.63, 3.8) is 0 Å². The van der Waals surface area contributed by atoms with Crippen LogP contribution < -0.4 is 0 Å². The van der Waals surface area contributed by atoms with E-state index in [1.165, 1.54) is 0 Å². The molecule has 0 heterocycles. The van der Waals surface area contributed by atoms with Gasteiger partial charge in [-0.25, -0.2) is 0 Å². The summed E-state index contributed by atoms with van der Waals surface area (Å²) >= 11 is 0. The van der Waals surface area contributed by atoms with Crippen molar-refractivity contribution in [1.82, 2.24) is 0 Å². The molecule has 0 saturated heterocycles. The minimum absolute atomic E-state index is 0.150. The monoisotopic (exact) mass is 204 g/mol. The fraction of sp³-hybridized carbons (Fsp3) is 1.00. The van der Waals surface area contributed by atoms with Gasteiger partial charge in [-0.3, -0.25) is 0 Å². The lowest BCUT2D eigenvalue weighted by atomic mass is 9.71. The lowest BCUT2D eigenvalue weighted by Crippen LogP contribution is -2.50. The highest BCUT2D eigenvalue weighted by Gasteiger charge is 2.43. The second-order valence-electron chi connectivity index (χ2n) is 4.86. The SMILES string of the molecule is CC(O)(CO)[C@@H]1CC[C@@](C)(O)[C@H](O)C1. The molecule has 1 fully saturated rings. The van der Waals surface area contributed by atoms with Crippen LogP contribution in [-0.2, 0) is 0 Å². The zero-order valence-electron chi connectivity index (χ0n) is 8.77. The fourth-order valence-electron chi connectivity index (χ4n) is 1.97. The summed E-state index contributed by atoms with van der Waals surface area (Å²) in [6, 6.07) is 0. The third kappa shape index (κ3) is 2.25. The third-order valence-corrected chi connectivity index (χ3v) is 3.42. The Morgan fingerprint density at radius 1 is 1.50 bits per heavy atom. The fourth-order valence-corrected chi connectivity index (χ4v) is 1.97. The molecule has 4 atom stereocenters. The Hall–Kier alpha value is -0.160. The molecule has 84 valence electrons. The molecular formula is C10H20O4. The van der Waals surface area contributed by atoms with Gasteiger partial charge in [0.2, 0.25) is 0 Å². The van der Waals surface area contributed by atoms with Gasteiger partial charge < -0.3 is 20.4 Å². The molecule has 1 aliphatic carbocycles. The molecule has 0 radical (unpaired) electrons. The van der Waals surface area contributed by atoms with Crippen LogP contribution in [0.4, 0.5) is 0 Å². The molecule has 1 saturated carbocycles. The second kappa shape index (κ2) is 3.77. The van der Waals surface area contributed by atoms with Crippen molar-refractivity contribution in [3.8, 4) is 0 Å². The van der Waals surface area contributed by atoms with Gasteiger partial charge in [0.05, 0.1) is 23.9 Å². The molecule has 14 heavy (non-hydrogen) atoms. The van der Waals surface area contributed by atoms with E-state index in [9.17, 15) is 15.3 Å². The van der Waals surface area contributed by atoms with Gasteiger partial charge in [0.1, 0.15) is 0 Å². The Bertz CT molecular complexity index is 200. The van der Waals surface area contributed by atoms with Gasteiger partial charge in [-0.1, -0.05) is 0 Å². The molecule has 0 aromatic rings. The van der Waals surface area contributed by atoms with Crippen LogP contribution in [0.5, 0.6) is 0 Å². The van der Waals surface area contributed by atoms with Crippen LogP contribution in [-0.4, -0.2) is 44.3 Å². The number of hydrogen-bond acceptors (Lipinski definition) is 4. The second-order valence-corrected chi connectivity index (χ2v) is 4.86. The number of hydrogen-bond donors (Lipinski definition) is 4. The van der Waals surface area contributed by atoms with Gasteiger partial charge in [-0.15, -0.1) is 0 Å². The van der Waals surface area contributed by atoms with Crippen molar-refractivity contribution in [2.45, 2.75) is 50.4 Å². The maximum absolute atomic E-state index is 9.79. The van der Waals surface area contributed by atoms with Crippen LogP contribution in [0.25, 0.3) is 0 Å². The Labute approximate surface area is 84.2 Å². The summed E-state index contributed by atoms with van der Waals surface area (Å²) in [4.78, 5) is 0. The zero-order valence-corrected chi connectivity index (χ0v) is 8.77. The molecule has 0 aliphatic heterocycles. The van der Waals surface area contributed by atoms with Crippen molar-refractivity contribution >= 4 is 0 Å². The van der Waals surface area contributed by atoms with Gasteiger partial charge in [-0.2, -0.15) is 0 Å². The molecule has 4 nitrogen and oxygen atoms in total. The molecule has 0 aromatic heterocycles. The van der Waals surface area contributed by atoms with Crippen molar-refractivity contribution in [2.24, 2.45) is 5.92 Å². The lowest BCUT2D eigenvalue weighted by Gasteiger charge is -2.42. The molecule has 4 heteroatoms. The predicted octanol–water partition coefficient (Wildman–Crippen LogP) is -0.358. The van der Waals surface area contributed by atoms with Crippen LogP contribution in [0, 0.1) is 5.92 Å².